The Labute approximate surface area is 186 Å². The molecule has 2 aromatic heterocycles. The molecule has 0 aliphatic carbocycles. The van der Waals surface area contributed by atoms with E-state index in [1.807, 2.05) is 13.1 Å². The summed E-state index contributed by atoms with van der Waals surface area (Å²) in [6, 6.07) is 9.81. The third kappa shape index (κ3) is 5.18. The van der Waals surface area contributed by atoms with Crippen molar-refractivity contribution < 1.29 is 17.7 Å². The smallest absolute Gasteiger partial charge is 0.243 e. The van der Waals surface area contributed by atoms with Gasteiger partial charge in [0.2, 0.25) is 27.6 Å². The molecule has 1 aliphatic rings. The van der Waals surface area contributed by atoms with Gasteiger partial charge in [0.1, 0.15) is 0 Å². The minimum absolute atomic E-state index is 0.149. The molecule has 0 spiro atoms. The van der Waals surface area contributed by atoms with Crippen LogP contribution in [-0.4, -0.2) is 71.9 Å². The van der Waals surface area contributed by atoms with Gasteiger partial charge in [-0.15, -0.1) is 0 Å². The lowest BCUT2D eigenvalue weighted by Crippen LogP contribution is -2.46. The Morgan fingerprint density at radius 1 is 1.12 bits per heavy atom. The molecule has 0 saturated carbocycles. The molecule has 0 radical (unpaired) electrons. The van der Waals surface area contributed by atoms with E-state index in [1.165, 1.54) is 16.4 Å². The second-order valence-electron chi connectivity index (χ2n) is 7.53. The number of amides is 1. The van der Waals surface area contributed by atoms with Crippen molar-refractivity contribution in [3.63, 3.8) is 0 Å². The Kier molecular flexibility index (Phi) is 6.58. The molecule has 1 saturated heterocycles. The number of sulfonamides is 1. The summed E-state index contributed by atoms with van der Waals surface area (Å²) in [6.45, 7) is 2.35. The van der Waals surface area contributed by atoms with Gasteiger partial charge in [-0.05, 0) is 43.4 Å². The second-order valence-corrected chi connectivity index (χ2v) is 9.47. The van der Waals surface area contributed by atoms with Crippen molar-refractivity contribution in [2.45, 2.75) is 17.7 Å². The van der Waals surface area contributed by atoms with Crippen molar-refractivity contribution in [1.82, 2.24) is 24.3 Å². The van der Waals surface area contributed by atoms with Gasteiger partial charge in [0.05, 0.1) is 4.90 Å². The van der Waals surface area contributed by atoms with E-state index in [2.05, 4.69) is 25.3 Å². The van der Waals surface area contributed by atoms with Gasteiger partial charge in [0, 0.05) is 62.7 Å². The molecule has 1 amide bonds. The molecule has 0 atom stereocenters. The van der Waals surface area contributed by atoms with E-state index in [0.717, 1.165) is 5.56 Å². The van der Waals surface area contributed by atoms with Gasteiger partial charge in [0.15, 0.2) is 0 Å². The largest absolute Gasteiger partial charge is 0.339 e. The number of piperazine rings is 1. The van der Waals surface area contributed by atoms with Crippen LogP contribution in [0.25, 0.3) is 11.4 Å². The molecule has 0 unspecified atom stereocenters. The summed E-state index contributed by atoms with van der Waals surface area (Å²) in [5.41, 5.74) is 1.26. The number of nitrogens with one attached hydrogen (secondary N) is 1. The van der Waals surface area contributed by atoms with Crippen LogP contribution in [0, 0.1) is 0 Å². The third-order valence-corrected chi connectivity index (χ3v) is 7.10. The highest BCUT2D eigenvalue weighted by atomic mass is 32.2. The zero-order chi connectivity index (χ0) is 22.6. The Hall–Kier alpha value is -3.15. The highest BCUT2D eigenvalue weighted by Crippen LogP contribution is 2.20. The number of aromatic nitrogens is 3. The molecule has 1 fully saturated rings. The lowest BCUT2D eigenvalue weighted by molar-refractivity contribution is -0.116. The lowest BCUT2D eigenvalue weighted by atomic mass is 10.2. The zero-order valence-corrected chi connectivity index (χ0v) is 18.5. The van der Waals surface area contributed by atoms with Crippen LogP contribution < -0.4 is 5.32 Å². The average Bonchev–Trinajstić information content (AvgIpc) is 3.28. The van der Waals surface area contributed by atoms with Gasteiger partial charge in [-0.25, -0.2) is 8.42 Å². The summed E-state index contributed by atoms with van der Waals surface area (Å²) < 4.78 is 32.3. The monoisotopic (exact) mass is 456 g/mol. The molecule has 3 aromatic rings. The summed E-state index contributed by atoms with van der Waals surface area (Å²) in [5, 5.41) is 6.66. The van der Waals surface area contributed by atoms with Crippen LogP contribution in [0.3, 0.4) is 0 Å². The van der Waals surface area contributed by atoms with E-state index in [1.54, 1.807) is 30.6 Å². The third-order valence-electron chi connectivity index (χ3n) is 5.19. The fourth-order valence-corrected chi connectivity index (χ4v) is 4.72. The van der Waals surface area contributed by atoms with E-state index in [9.17, 15) is 13.2 Å². The number of nitrogens with zero attached hydrogens (tertiary/aromatic N) is 5. The fourth-order valence-electron chi connectivity index (χ4n) is 3.30. The maximum Gasteiger partial charge on any atom is 0.243 e. The van der Waals surface area contributed by atoms with E-state index in [4.69, 9.17) is 4.52 Å². The first-order valence-electron chi connectivity index (χ1n) is 10.2. The van der Waals surface area contributed by atoms with Crippen LogP contribution in [0.4, 0.5) is 5.69 Å². The molecular weight excluding hydrogens is 432 g/mol. The Balaban J connectivity index is 1.31. The minimum Gasteiger partial charge on any atom is -0.339 e. The highest BCUT2D eigenvalue weighted by Gasteiger charge is 2.27. The number of carbonyl (C=O) groups is 1. The number of likely N-dealkylation sites (N-methyl/N-ethyl adjacent to an activating group) is 1. The van der Waals surface area contributed by atoms with Gasteiger partial charge < -0.3 is 14.7 Å². The quantitative estimate of drug-likeness (QED) is 0.569. The average molecular weight is 457 g/mol. The molecule has 4 rings (SSSR count). The van der Waals surface area contributed by atoms with Crippen LogP contribution in [0.1, 0.15) is 12.3 Å². The Morgan fingerprint density at radius 2 is 1.88 bits per heavy atom. The summed E-state index contributed by atoms with van der Waals surface area (Å²) in [4.78, 5) is 22.9. The van der Waals surface area contributed by atoms with E-state index < -0.39 is 10.0 Å². The first-order chi connectivity index (χ1) is 15.4. The number of pyridine rings is 1. The number of benzene rings is 1. The molecule has 3 heterocycles. The van der Waals surface area contributed by atoms with E-state index in [-0.39, 0.29) is 23.6 Å². The first-order valence-corrected chi connectivity index (χ1v) is 11.7. The van der Waals surface area contributed by atoms with Crippen LogP contribution in [0.2, 0.25) is 0 Å². The summed E-state index contributed by atoms with van der Waals surface area (Å²) in [6.07, 6.45) is 3.73. The minimum atomic E-state index is -3.54. The molecular formula is C21H24N6O4S. The number of rotatable bonds is 7. The van der Waals surface area contributed by atoms with Gasteiger partial charge in [-0.1, -0.05) is 5.16 Å². The van der Waals surface area contributed by atoms with Crippen molar-refractivity contribution in [3.05, 3.63) is 54.7 Å². The summed E-state index contributed by atoms with van der Waals surface area (Å²) >= 11 is 0. The molecule has 0 bridgehead atoms. The van der Waals surface area contributed by atoms with Crippen LogP contribution >= 0.6 is 0 Å². The number of hydrogen-bond acceptors (Lipinski definition) is 8. The standard InChI is InChI=1S/C21H24N6O4S/c1-26-11-13-27(14-12-26)32(29,30)18-6-4-17(5-7-18)23-19(28)8-9-20-24-21(25-31-20)16-3-2-10-22-15-16/h2-7,10,15H,8-9,11-14H2,1H3,(H,23,28). The maximum atomic E-state index is 12.8. The predicted molar refractivity (Wildman–Crippen MR) is 117 cm³/mol. The maximum absolute atomic E-state index is 12.8. The molecule has 1 N–H and O–H groups in total. The predicted octanol–water partition coefficient (Wildman–Crippen LogP) is 1.64. The molecule has 11 heteroatoms. The number of carbonyl (C=O) groups excluding carboxylic acids is 1. The zero-order valence-electron chi connectivity index (χ0n) is 17.6. The van der Waals surface area contributed by atoms with E-state index >= 15 is 0 Å². The fraction of sp³-hybridized carbons (Fsp3) is 0.333. The van der Waals surface area contributed by atoms with Crippen LogP contribution in [-0.2, 0) is 21.2 Å². The lowest BCUT2D eigenvalue weighted by Gasteiger charge is -2.31. The molecule has 1 aromatic carbocycles. The van der Waals surface area contributed by atoms with Crippen LogP contribution in [0.15, 0.2) is 58.2 Å². The highest BCUT2D eigenvalue weighted by molar-refractivity contribution is 7.89. The number of anilines is 1. The molecule has 32 heavy (non-hydrogen) atoms. The molecule has 168 valence electrons. The number of aryl methyl sites for hydroxylation is 1. The van der Waals surface area contributed by atoms with Crippen molar-refractivity contribution in [2.24, 2.45) is 0 Å². The first kappa shape index (κ1) is 22.1. The molecule has 10 nitrogen and oxygen atoms in total. The normalized spacial score (nSPS) is 15.5. The SMILES string of the molecule is CN1CCN(S(=O)(=O)c2ccc(NC(=O)CCc3nc(-c4cccnc4)no3)cc2)CC1. The van der Waals surface area contributed by atoms with Crippen molar-refractivity contribution in [2.75, 3.05) is 38.5 Å². The van der Waals surface area contributed by atoms with Gasteiger partial charge >= 0.3 is 0 Å². The van der Waals surface area contributed by atoms with Gasteiger partial charge in [-0.2, -0.15) is 9.29 Å². The van der Waals surface area contributed by atoms with Gasteiger partial charge in [-0.3, -0.25) is 9.78 Å². The van der Waals surface area contributed by atoms with Crippen molar-refractivity contribution in [1.29, 1.82) is 0 Å². The Bertz CT molecular complexity index is 1160. The van der Waals surface area contributed by atoms with Crippen molar-refractivity contribution >= 4 is 21.6 Å². The van der Waals surface area contributed by atoms with Gasteiger partial charge in [0.25, 0.3) is 0 Å². The van der Waals surface area contributed by atoms with Crippen LogP contribution in [0.5, 0.6) is 0 Å². The second kappa shape index (κ2) is 9.55. The Morgan fingerprint density at radius 3 is 2.56 bits per heavy atom. The summed E-state index contributed by atoms with van der Waals surface area (Å²) in [7, 11) is -1.56. The summed E-state index contributed by atoms with van der Waals surface area (Å²) in [5.74, 6) is 0.541. The topological polar surface area (TPSA) is 122 Å². The number of hydrogen-bond donors (Lipinski definition) is 1. The van der Waals surface area contributed by atoms with E-state index in [0.29, 0.717) is 43.6 Å². The van der Waals surface area contributed by atoms with Crippen molar-refractivity contribution in [3.8, 4) is 11.4 Å². The molecule has 1 aliphatic heterocycles.